The molecule has 2 aliphatic heterocycles. The number of benzene rings is 1. The highest BCUT2D eigenvalue weighted by molar-refractivity contribution is 5.96. The summed E-state index contributed by atoms with van der Waals surface area (Å²) in [6.45, 7) is 6.26. The van der Waals surface area contributed by atoms with Crippen molar-refractivity contribution in [3.8, 4) is 5.75 Å². The molecule has 216 valence electrons. The third-order valence-corrected chi connectivity index (χ3v) is 7.63. The topological polar surface area (TPSA) is 97.3 Å². The lowest BCUT2D eigenvalue weighted by Crippen LogP contribution is -2.51. The van der Waals surface area contributed by atoms with Crippen molar-refractivity contribution < 1.29 is 28.9 Å². The van der Waals surface area contributed by atoms with Gasteiger partial charge in [-0.3, -0.25) is 9.59 Å². The predicted octanol–water partition coefficient (Wildman–Crippen LogP) is 5.00. The maximum atomic E-state index is 12.9. The molecule has 3 aliphatic rings. The Balaban J connectivity index is 1.30. The predicted molar refractivity (Wildman–Crippen MR) is 154 cm³/mol. The van der Waals surface area contributed by atoms with E-state index in [1.807, 2.05) is 38.1 Å². The van der Waals surface area contributed by atoms with Gasteiger partial charge in [0, 0.05) is 24.9 Å². The molecule has 1 fully saturated rings. The summed E-state index contributed by atoms with van der Waals surface area (Å²) >= 11 is 0. The molecule has 1 amide bonds. The van der Waals surface area contributed by atoms with Crippen LogP contribution < -0.4 is 10.1 Å². The zero-order valence-corrected chi connectivity index (χ0v) is 23.9. The zero-order chi connectivity index (χ0) is 28.5. The quantitative estimate of drug-likeness (QED) is 0.263. The first kappa shape index (κ1) is 29.6. The minimum atomic E-state index is -1.06. The number of Topliss-reactive ketones (excluding diaryl/α,β-unsaturated/α-hetero) is 1. The molecule has 8 heteroatoms. The molecule has 0 unspecified atom stereocenters. The lowest BCUT2D eigenvalue weighted by atomic mass is 9.99. The number of rotatable bonds is 13. The summed E-state index contributed by atoms with van der Waals surface area (Å²) in [6.07, 6.45) is 13.8. The van der Waals surface area contributed by atoms with Crippen LogP contribution >= 0.6 is 0 Å². The Morgan fingerprint density at radius 2 is 1.82 bits per heavy atom. The first-order chi connectivity index (χ1) is 19.4. The number of carbonyl (C=O) groups is 2. The van der Waals surface area contributed by atoms with Crippen LogP contribution in [0.2, 0.25) is 0 Å². The van der Waals surface area contributed by atoms with E-state index < -0.39 is 12.1 Å². The lowest BCUT2D eigenvalue weighted by molar-refractivity contribution is -0.123. The van der Waals surface area contributed by atoms with E-state index >= 15 is 0 Å². The fourth-order valence-electron chi connectivity index (χ4n) is 5.51. The second-order valence-corrected chi connectivity index (χ2v) is 10.8. The molecule has 1 aliphatic carbocycles. The van der Waals surface area contributed by atoms with Gasteiger partial charge in [0.2, 0.25) is 5.91 Å². The van der Waals surface area contributed by atoms with Crippen LogP contribution in [-0.2, 0) is 14.3 Å². The molecule has 40 heavy (non-hydrogen) atoms. The van der Waals surface area contributed by atoms with Gasteiger partial charge in [-0.05, 0) is 94.3 Å². The van der Waals surface area contributed by atoms with E-state index in [-0.39, 0.29) is 23.9 Å². The number of likely N-dealkylation sites (tertiary alicyclic amines) is 1. The fourth-order valence-corrected chi connectivity index (χ4v) is 5.51. The average molecular weight is 551 g/mol. The molecule has 1 aromatic rings. The first-order valence-electron chi connectivity index (χ1n) is 14.3. The third-order valence-electron chi connectivity index (χ3n) is 7.63. The van der Waals surface area contributed by atoms with E-state index in [9.17, 15) is 14.7 Å². The minimum Gasteiger partial charge on any atom is -0.496 e. The summed E-state index contributed by atoms with van der Waals surface area (Å²) < 4.78 is 17.0. The molecule has 1 aromatic carbocycles. The van der Waals surface area contributed by atoms with Crippen LogP contribution in [-0.4, -0.2) is 60.6 Å². The largest absolute Gasteiger partial charge is 0.496 e. The zero-order valence-electron chi connectivity index (χ0n) is 23.9. The summed E-state index contributed by atoms with van der Waals surface area (Å²) in [7, 11) is 1.63. The van der Waals surface area contributed by atoms with Gasteiger partial charge in [0.15, 0.2) is 17.3 Å². The highest BCUT2D eigenvalue weighted by Gasteiger charge is 2.31. The summed E-state index contributed by atoms with van der Waals surface area (Å²) in [5, 5.41) is 14.3. The van der Waals surface area contributed by atoms with Gasteiger partial charge in [0.25, 0.3) is 0 Å². The molecule has 0 aromatic heterocycles. The van der Waals surface area contributed by atoms with Crippen LogP contribution in [0.5, 0.6) is 5.75 Å². The van der Waals surface area contributed by atoms with Crippen molar-refractivity contribution in [1.82, 2.24) is 10.2 Å². The number of aryl methyl sites for hydroxylation is 2. The average Bonchev–Trinajstić information content (AvgIpc) is 3.48. The number of methoxy groups -OCH3 is 1. The number of nitrogens with zero attached hydrogens (tertiary/aromatic N) is 1. The standard InChI is InChI=1S/C32H42N2O6/c1-22-17-25(18-23(2)32(22)38-3)27(35)13-7-8-14-30(36)33-26(19-34-15-9-10-16-34)31(37)29-21-39-20-28(40-29)24-11-5-4-6-12-24/h4-5,11,17-18,20-21,26,31,37H,6-10,12-16,19H2,1-3H3,(H,33,36)/t26-,31-/m1/s1. The van der Waals surface area contributed by atoms with Crippen molar-refractivity contribution in [1.29, 1.82) is 0 Å². The van der Waals surface area contributed by atoms with E-state index in [1.165, 1.54) is 6.26 Å². The third kappa shape index (κ3) is 7.86. The molecule has 2 heterocycles. The highest BCUT2D eigenvalue weighted by atomic mass is 16.6. The summed E-state index contributed by atoms with van der Waals surface area (Å²) in [6, 6.07) is 3.17. The van der Waals surface area contributed by atoms with E-state index in [1.54, 1.807) is 13.4 Å². The van der Waals surface area contributed by atoms with E-state index in [0.717, 1.165) is 61.2 Å². The summed E-state index contributed by atoms with van der Waals surface area (Å²) in [5.74, 6) is 1.58. The van der Waals surface area contributed by atoms with Gasteiger partial charge >= 0.3 is 0 Å². The van der Waals surface area contributed by atoms with Gasteiger partial charge in [-0.1, -0.05) is 18.2 Å². The number of nitrogens with one attached hydrogen (secondary N) is 1. The maximum absolute atomic E-state index is 12.9. The Kier molecular flexibility index (Phi) is 10.6. The molecule has 0 radical (unpaired) electrons. The van der Waals surface area contributed by atoms with Crippen molar-refractivity contribution in [3.05, 3.63) is 76.7 Å². The smallest absolute Gasteiger partial charge is 0.220 e. The Bertz CT molecular complexity index is 1170. The summed E-state index contributed by atoms with van der Waals surface area (Å²) in [5.41, 5.74) is 3.55. The number of allylic oxidation sites excluding steroid dienone is 4. The Morgan fingerprint density at radius 3 is 2.50 bits per heavy atom. The molecule has 2 N–H and O–H groups in total. The van der Waals surface area contributed by atoms with Crippen molar-refractivity contribution in [2.75, 3.05) is 26.7 Å². The van der Waals surface area contributed by atoms with Crippen molar-refractivity contribution >= 4 is 11.7 Å². The monoisotopic (exact) mass is 550 g/mol. The second-order valence-electron chi connectivity index (χ2n) is 10.8. The number of unbranched alkanes of at least 4 members (excludes halogenated alkanes) is 1. The van der Waals surface area contributed by atoms with Crippen LogP contribution in [0.3, 0.4) is 0 Å². The number of hydrogen-bond donors (Lipinski definition) is 2. The molecular formula is C32H42N2O6. The molecule has 0 spiro atoms. The van der Waals surface area contributed by atoms with Crippen LogP contribution in [0.15, 0.2) is 60.0 Å². The summed E-state index contributed by atoms with van der Waals surface area (Å²) in [4.78, 5) is 27.9. The van der Waals surface area contributed by atoms with E-state index in [2.05, 4.69) is 16.3 Å². The molecule has 0 saturated carbocycles. The Labute approximate surface area is 237 Å². The van der Waals surface area contributed by atoms with Gasteiger partial charge < -0.3 is 29.5 Å². The number of ketones is 1. The van der Waals surface area contributed by atoms with E-state index in [0.29, 0.717) is 37.1 Å². The SMILES string of the molecule is COc1c(C)cc(C(=O)CCCCC(=O)N[C@H](CN2CCCC2)[C@@H](O)C2=COC=C(C3=CC=CCC3)O2)cc1C. The molecule has 4 rings (SSSR count). The van der Waals surface area contributed by atoms with Gasteiger partial charge in [-0.15, -0.1) is 0 Å². The normalized spacial score (nSPS) is 18.6. The fraction of sp³-hybridized carbons (Fsp3) is 0.500. The van der Waals surface area contributed by atoms with Gasteiger partial charge in [0.1, 0.15) is 24.4 Å². The molecular weight excluding hydrogens is 508 g/mol. The lowest BCUT2D eigenvalue weighted by Gasteiger charge is -2.30. The molecule has 0 bridgehead atoms. The van der Waals surface area contributed by atoms with Crippen molar-refractivity contribution in [2.45, 2.75) is 77.4 Å². The van der Waals surface area contributed by atoms with Crippen molar-refractivity contribution in [2.24, 2.45) is 0 Å². The number of carbonyl (C=O) groups excluding carboxylic acids is 2. The highest BCUT2D eigenvalue weighted by Crippen LogP contribution is 2.28. The minimum absolute atomic E-state index is 0.0606. The van der Waals surface area contributed by atoms with Crippen LogP contribution in [0.4, 0.5) is 0 Å². The number of aliphatic hydroxyl groups excluding tert-OH is 1. The first-order valence-corrected chi connectivity index (χ1v) is 14.3. The number of amides is 1. The Morgan fingerprint density at radius 1 is 1.10 bits per heavy atom. The van der Waals surface area contributed by atoms with Crippen LogP contribution in [0, 0.1) is 13.8 Å². The van der Waals surface area contributed by atoms with Crippen LogP contribution in [0.25, 0.3) is 0 Å². The van der Waals surface area contributed by atoms with Gasteiger partial charge in [0.05, 0.1) is 13.2 Å². The van der Waals surface area contributed by atoms with Crippen LogP contribution in [0.1, 0.15) is 72.9 Å². The maximum Gasteiger partial charge on any atom is 0.220 e. The van der Waals surface area contributed by atoms with E-state index in [4.69, 9.17) is 14.2 Å². The molecule has 8 nitrogen and oxygen atoms in total. The number of ether oxygens (including phenoxy) is 3. The Hall–Kier alpha value is -3.36. The van der Waals surface area contributed by atoms with Gasteiger partial charge in [-0.2, -0.15) is 0 Å². The number of hydrogen-bond acceptors (Lipinski definition) is 7. The van der Waals surface area contributed by atoms with Gasteiger partial charge in [-0.25, -0.2) is 0 Å². The number of aliphatic hydroxyl groups is 1. The molecule has 2 atom stereocenters. The van der Waals surface area contributed by atoms with Crippen molar-refractivity contribution in [3.63, 3.8) is 0 Å². The second kappa shape index (κ2) is 14.3. The molecule has 1 saturated heterocycles.